The van der Waals surface area contributed by atoms with Gasteiger partial charge >= 0.3 is 0 Å². The summed E-state index contributed by atoms with van der Waals surface area (Å²) in [7, 11) is 5.00. The van der Waals surface area contributed by atoms with Crippen LogP contribution in [0.5, 0.6) is 17.2 Å². The van der Waals surface area contributed by atoms with Crippen LogP contribution >= 0.6 is 0 Å². The Balaban J connectivity index is 2.32. The van der Waals surface area contributed by atoms with Gasteiger partial charge in [0.15, 0.2) is 11.5 Å². The monoisotopic (exact) mass is 336 g/mol. The first-order valence-electron chi connectivity index (χ1n) is 8.99. The first-order chi connectivity index (χ1) is 11.7. The second kappa shape index (κ2) is 9.74. The van der Waals surface area contributed by atoms with Crippen LogP contribution in [0.15, 0.2) is 12.1 Å². The molecule has 0 aromatic heterocycles. The Hall–Kier alpha value is -1.46. The highest BCUT2D eigenvalue weighted by molar-refractivity contribution is 5.54. The molecular weight excluding hydrogens is 304 g/mol. The molecule has 2 rings (SSSR count). The first kappa shape index (κ1) is 18.9. The van der Waals surface area contributed by atoms with Crippen LogP contribution in [0.4, 0.5) is 0 Å². The van der Waals surface area contributed by atoms with Crippen molar-refractivity contribution < 1.29 is 14.2 Å². The van der Waals surface area contributed by atoms with E-state index in [9.17, 15) is 0 Å². The highest BCUT2D eigenvalue weighted by Gasteiger charge is 2.24. The molecule has 5 nitrogen and oxygen atoms in total. The maximum Gasteiger partial charge on any atom is 0.203 e. The second-order valence-electron chi connectivity index (χ2n) is 6.26. The average Bonchev–Trinajstić information content (AvgIpc) is 2.64. The number of rotatable bonds is 9. The standard InChI is InChI=1S/C19H32N2O3/c1-5-6-7-8-16(21-11-9-20-10-12-21)15-13-17(22-2)19(24-4)18(14-15)23-3/h13-14,16,20H,5-12H2,1-4H3/t16-/m1/s1. The quantitative estimate of drug-likeness (QED) is 0.701. The molecule has 0 aliphatic carbocycles. The number of benzene rings is 1. The molecule has 0 unspecified atom stereocenters. The maximum absolute atomic E-state index is 5.55. The normalized spacial score (nSPS) is 16.7. The summed E-state index contributed by atoms with van der Waals surface area (Å²) in [4.78, 5) is 2.58. The summed E-state index contributed by atoms with van der Waals surface area (Å²) in [5, 5.41) is 3.44. The molecule has 1 aliphatic rings. The van der Waals surface area contributed by atoms with Crippen LogP contribution in [0.3, 0.4) is 0 Å². The van der Waals surface area contributed by atoms with Gasteiger partial charge in [-0.1, -0.05) is 26.2 Å². The molecular formula is C19H32N2O3. The fourth-order valence-corrected chi connectivity index (χ4v) is 3.44. The molecule has 136 valence electrons. The zero-order valence-corrected chi connectivity index (χ0v) is 15.6. The molecule has 1 aliphatic heterocycles. The summed E-state index contributed by atoms with van der Waals surface area (Å²) >= 11 is 0. The first-order valence-corrected chi connectivity index (χ1v) is 8.99. The zero-order valence-electron chi connectivity index (χ0n) is 15.6. The number of hydrogen-bond donors (Lipinski definition) is 1. The van der Waals surface area contributed by atoms with E-state index in [0.29, 0.717) is 11.8 Å². The van der Waals surface area contributed by atoms with Crippen molar-refractivity contribution in [1.82, 2.24) is 10.2 Å². The van der Waals surface area contributed by atoms with Crippen LogP contribution in [0, 0.1) is 0 Å². The number of ether oxygens (including phenoxy) is 3. The minimum absolute atomic E-state index is 0.396. The minimum Gasteiger partial charge on any atom is -0.493 e. The van der Waals surface area contributed by atoms with E-state index < -0.39 is 0 Å². The molecule has 5 heteroatoms. The lowest BCUT2D eigenvalue weighted by molar-refractivity contribution is 0.162. The third kappa shape index (κ3) is 4.54. The number of piperazine rings is 1. The molecule has 0 spiro atoms. The second-order valence-corrected chi connectivity index (χ2v) is 6.26. The van der Waals surface area contributed by atoms with Crippen molar-refractivity contribution in [2.45, 2.75) is 38.6 Å². The number of nitrogens with zero attached hydrogens (tertiary/aromatic N) is 1. The van der Waals surface area contributed by atoms with Gasteiger partial charge in [0.2, 0.25) is 5.75 Å². The van der Waals surface area contributed by atoms with E-state index in [0.717, 1.165) is 44.1 Å². The van der Waals surface area contributed by atoms with Gasteiger partial charge in [0.1, 0.15) is 0 Å². The topological polar surface area (TPSA) is 43.0 Å². The molecule has 0 radical (unpaired) electrons. The molecule has 1 heterocycles. The predicted octanol–water partition coefficient (Wildman–Crippen LogP) is 3.24. The van der Waals surface area contributed by atoms with Crippen molar-refractivity contribution >= 4 is 0 Å². The fourth-order valence-electron chi connectivity index (χ4n) is 3.44. The lowest BCUT2D eigenvalue weighted by Gasteiger charge is -2.35. The maximum atomic E-state index is 5.55. The van der Waals surface area contributed by atoms with E-state index in [2.05, 4.69) is 29.3 Å². The number of methoxy groups -OCH3 is 3. The van der Waals surface area contributed by atoms with Gasteiger partial charge in [0.05, 0.1) is 21.3 Å². The van der Waals surface area contributed by atoms with Crippen LogP contribution in [0.2, 0.25) is 0 Å². The number of hydrogen-bond acceptors (Lipinski definition) is 5. The molecule has 0 bridgehead atoms. The van der Waals surface area contributed by atoms with Crippen molar-refractivity contribution in [2.24, 2.45) is 0 Å². The summed E-state index contributed by atoms with van der Waals surface area (Å²) in [5.74, 6) is 2.14. The Bertz CT molecular complexity index is 476. The Labute approximate surface area is 146 Å². The average molecular weight is 336 g/mol. The Kier molecular flexibility index (Phi) is 7.66. The lowest BCUT2D eigenvalue weighted by Crippen LogP contribution is -2.45. The Morgan fingerprint density at radius 2 is 1.62 bits per heavy atom. The molecule has 1 N–H and O–H groups in total. The van der Waals surface area contributed by atoms with Crippen LogP contribution in [-0.2, 0) is 0 Å². The molecule has 0 amide bonds. The summed E-state index contributed by atoms with van der Waals surface area (Å²) in [6.45, 7) is 6.50. The van der Waals surface area contributed by atoms with Crippen LogP contribution in [0.25, 0.3) is 0 Å². The van der Waals surface area contributed by atoms with Crippen molar-refractivity contribution in [3.8, 4) is 17.2 Å². The minimum atomic E-state index is 0.396. The molecule has 0 saturated carbocycles. The van der Waals surface area contributed by atoms with E-state index in [1.807, 2.05) is 0 Å². The molecule has 1 atom stereocenters. The SMILES string of the molecule is CCCCC[C@H](c1cc(OC)c(OC)c(OC)c1)N1CCNCC1. The van der Waals surface area contributed by atoms with Gasteiger partial charge in [-0.25, -0.2) is 0 Å². The fraction of sp³-hybridized carbons (Fsp3) is 0.684. The predicted molar refractivity (Wildman–Crippen MR) is 97.4 cm³/mol. The van der Waals surface area contributed by atoms with Crippen LogP contribution in [0.1, 0.15) is 44.2 Å². The van der Waals surface area contributed by atoms with Crippen molar-refractivity contribution in [1.29, 1.82) is 0 Å². The van der Waals surface area contributed by atoms with E-state index >= 15 is 0 Å². The van der Waals surface area contributed by atoms with Gasteiger partial charge in [0.25, 0.3) is 0 Å². The van der Waals surface area contributed by atoms with Crippen molar-refractivity contribution in [3.05, 3.63) is 17.7 Å². The Morgan fingerprint density at radius 1 is 1.00 bits per heavy atom. The highest BCUT2D eigenvalue weighted by Crippen LogP contribution is 2.41. The lowest BCUT2D eigenvalue weighted by atomic mass is 9.97. The summed E-state index contributed by atoms with van der Waals surface area (Å²) in [6, 6.07) is 4.62. The third-order valence-corrected chi connectivity index (χ3v) is 4.75. The van der Waals surface area contributed by atoms with Gasteiger partial charge in [0, 0.05) is 32.2 Å². The summed E-state index contributed by atoms with van der Waals surface area (Å²) in [6.07, 6.45) is 4.91. The van der Waals surface area contributed by atoms with Crippen molar-refractivity contribution in [2.75, 3.05) is 47.5 Å². The van der Waals surface area contributed by atoms with Crippen LogP contribution < -0.4 is 19.5 Å². The molecule has 24 heavy (non-hydrogen) atoms. The van der Waals surface area contributed by atoms with Gasteiger partial charge in [-0.05, 0) is 24.1 Å². The third-order valence-electron chi connectivity index (χ3n) is 4.75. The largest absolute Gasteiger partial charge is 0.493 e. The zero-order chi connectivity index (χ0) is 17.4. The Morgan fingerprint density at radius 3 is 2.12 bits per heavy atom. The number of unbranched alkanes of at least 4 members (excludes halogenated alkanes) is 2. The molecule has 1 fully saturated rings. The number of nitrogens with one attached hydrogen (secondary N) is 1. The molecule has 1 aromatic carbocycles. The van der Waals surface area contributed by atoms with E-state index in [1.54, 1.807) is 21.3 Å². The van der Waals surface area contributed by atoms with E-state index in [4.69, 9.17) is 14.2 Å². The summed E-state index contributed by atoms with van der Waals surface area (Å²) < 4.78 is 16.6. The molecule has 1 saturated heterocycles. The van der Waals surface area contributed by atoms with Gasteiger partial charge in [-0.2, -0.15) is 0 Å². The van der Waals surface area contributed by atoms with Gasteiger partial charge in [-0.15, -0.1) is 0 Å². The molecule has 1 aromatic rings. The van der Waals surface area contributed by atoms with E-state index in [-0.39, 0.29) is 0 Å². The summed E-state index contributed by atoms with van der Waals surface area (Å²) in [5.41, 5.74) is 1.25. The smallest absolute Gasteiger partial charge is 0.203 e. The van der Waals surface area contributed by atoms with Gasteiger partial charge < -0.3 is 19.5 Å². The highest BCUT2D eigenvalue weighted by atomic mass is 16.5. The van der Waals surface area contributed by atoms with Crippen molar-refractivity contribution in [3.63, 3.8) is 0 Å². The van der Waals surface area contributed by atoms with E-state index in [1.165, 1.54) is 24.8 Å². The van der Waals surface area contributed by atoms with Gasteiger partial charge in [-0.3, -0.25) is 4.90 Å². The van der Waals surface area contributed by atoms with Crippen LogP contribution in [-0.4, -0.2) is 52.4 Å².